The number of H-pyrrole nitrogens is 1. The predicted octanol–water partition coefficient (Wildman–Crippen LogP) is 4.87. The Bertz CT molecular complexity index is 1390. The zero-order valence-electron chi connectivity index (χ0n) is 18.0. The molecule has 1 aromatic carbocycles. The molecule has 172 valence electrons. The van der Waals surface area contributed by atoms with Gasteiger partial charge < -0.3 is 9.88 Å². The van der Waals surface area contributed by atoms with Gasteiger partial charge in [0.25, 0.3) is 5.91 Å². The average Bonchev–Trinajstić information content (AvgIpc) is 3.49. The third kappa shape index (κ3) is 3.63. The third-order valence-electron chi connectivity index (χ3n) is 6.28. The molecule has 10 heteroatoms. The second kappa shape index (κ2) is 7.57. The summed E-state index contributed by atoms with van der Waals surface area (Å²) < 4.78 is 55.1. The minimum atomic E-state index is -4.56. The molecule has 0 unspecified atom stereocenters. The third-order valence-corrected chi connectivity index (χ3v) is 6.28. The number of hydrogen-bond donors (Lipinski definition) is 1. The van der Waals surface area contributed by atoms with Crippen molar-refractivity contribution in [2.75, 3.05) is 13.1 Å². The molecule has 0 radical (unpaired) electrons. The quantitative estimate of drug-likeness (QED) is 0.445. The Hall–Kier alpha value is -3.43. The van der Waals surface area contributed by atoms with E-state index in [-0.39, 0.29) is 23.3 Å². The van der Waals surface area contributed by atoms with Gasteiger partial charge in [0, 0.05) is 41.7 Å². The number of amides is 1. The molecule has 5 rings (SSSR count). The van der Waals surface area contributed by atoms with E-state index < -0.39 is 11.9 Å². The molecule has 0 bridgehead atoms. The van der Waals surface area contributed by atoms with Gasteiger partial charge in [0.1, 0.15) is 17.2 Å². The van der Waals surface area contributed by atoms with E-state index in [2.05, 4.69) is 15.1 Å². The van der Waals surface area contributed by atoms with Gasteiger partial charge in [-0.3, -0.25) is 4.79 Å². The number of fused-ring (bicyclic) bond motifs is 2. The molecule has 0 spiro atoms. The fraction of sp³-hybridized carbons (Fsp3) is 0.348. The minimum Gasteiger partial charge on any atom is -0.350 e. The van der Waals surface area contributed by atoms with E-state index in [4.69, 9.17) is 0 Å². The monoisotopic (exact) mass is 459 g/mol. The van der Waals surface area contributed by atoms with Gasteiger partial charge in [0.2, 0.25) is 0 Å². The highest BCUT2D eigenvalue weighted by atomic mass is 19.4. The summed E-state index contributed by atoms with van der Waals surface area (Å²) in [5.41, 5.74) is 1.84. The standard InChI is InChI=1S/C23H21F4N5O/c1-3-15-9-19(23(25,26)27)32-20(28-15)10-18(30-32)13-6-7-31(11-13)22(33)21-12(2)16-8-14(24)4-5-17(16)29-21/h4-5,8-10,13,29H,3,6-7,11H2,1-2H3/t13-/m0/s1. The number of benzene rings is 1. The van der Waals surface area contributed by atoms with Gasteiger partial charge in [-0.1, -0.05) is 6.92 Å². The van der Waals surface area contributed by atoms with E-state index in [1.165, 1.54) is 12.1 Å². The van der Waals surface area contributed by atoms with Crippen LogP contribution in [-0.2, 0) is 12.6 Å². The number of carbonyl (C=O) groups is 1. The SMILES string of the molecule is CCc1cc(C(F)(F)F)n2nc([C@H]3CCN(C(=O)c4[nH]c5ccc(F)cc5c4C)C3)cc2n1. The van der Waals surface area contributed by atoms with Gasteiger partial charge in [-0.15, -0.1) is 0 Å². The van der Waals surface area contributed by atoms with Crippen LogP contribution in [0.1, 0.15) is 52.4 Å². The number of hydrogen-bond acceptors (Lipinski definition) is 3. The van der Waals surface area contributed by atoms with E-state index in [1.807, 2.05) is 0 Å². The number of nitrogens with zero attached hydrogens (tertiary/aromatic N) is 4. The number of likely N-dealkylation sites (tertiary alicyclic amines) is 1. The topological polar surface area (TPSA) is 66.3 Å². The summed E-state index contributed by atoms with van der Waals surface area (Å²) in [7, 11) is 0. The van der Waals surface area contributed by atoms with E-state index in [9.17, 15) is 22.4 Å². The Labute approximate surface area is 186 Å². The van der Waals surface area contributed by atoms with Crippen LogP contribution >= 0.6 is 0 Å². The molecule has 1 atom stereocenters. The second-order valence-corrected chi connectivity index (χ2v) is 8.37. The molecule has 1 amide bonds. The van der Waals surface area contributed by atoms with Crippen LogP contribution in [0, 0.1) is 12.7 Å². The molecule has 4 heterocycles. The summed E-state index contributed by atoms with van der Waals surface area (Å²) in [6.07, 6.45) is -3.61. The maximum Gasteiger partial charge on any atom is 0.433 e. The van der Waals surface area contributed by atoms with Crippen LogP contribution in [0.25, 0.3) is 16.6 Å². The maximum atomic E-state index is 13.6. The number of halogens is 4. The van der Waals surface area contributed by atoms with E-state index >= 15 is 0 Å². The van der Waals surface area contributed by atoms with Crippen molar-refractivity contribution in [3.05, 3.63) is 64.5 Å². The summed E-state index contributed by atoms with van der Waals surface area (Å²) >= 11 is 0. The maximum absolute atomic E-state index is 13.6. The Morgan fingerprint density at radius 2 is 2.03 bits per heavy atom. The summed E-state index contributed by atoms with van der Waals surface area (Å²) in [6.45, 7) is 4.28. The lowest BCUT2D eigenvalue weighted by molar-refractivity contribution is -0.142. The van der Waals surface area contributed by atoms with Gasteiger partial charge >= 0.3 is 6.18 Å². The highest BCUT2D eigenvalue weighted by molar-refractivity contribution is 6.01. The summed E-state index contributed by atoms with van der Waals surface area (Å²) in [4.78, 5) is 22.2. The molecule has 33 heavy (non-hydrogen) atoms. The van der Waals surface area contributed by atoms with Crippen LogP contribution in [0.2, 0.25) is 0 Å². The van der Waals surface area contributed by atoms with Crippen LogP contribution in [0.4, 0.5) is 17.6 Å². The second-order valence-electron chi connectivity index (χ2n) is 8.37. The lowest BCUT2D eigenvalue weighted by Crippen LogP contribution is -2.29. The Kier molecular flexibility index (Phi) is 4.91. The van der Waals surface area contributed by atoms with Gasteiger partial charge in [0.15, 0.2) is 5.65 Å². The number of aryl methyl sites for hydroxylation is 2. The molecule has 0 saturated carbocycles. The van der Waals surface area contributed by atoms with Crippen molar-refractivity contribution in [3.8, 4) is 0 Å². The van der Waals surface area contributed by atoms with Gasteiger partial charge in [-0.25, -0.2) is 13.9 Å². The predicted molar refractivity (Wildman–Crippen MR) is 114 cm³/mol. The van der Waals surface area contributed by atoms with E-state index in [1.54, 1.807) is 30.9 Å². The average molecular weight is 459 g/mol. The van der Waals surface area contributed by atoms with Crippen LogP contribution in [0.5, 0.6) is 0 Å². The van der Waals surface area contributed by atoms with Crippen molar-refractivity contribution in [2.45, 2.75) is 38.8 Å². The van der Waals surface area contributed by atoms with E-state index in [0.717, 1.165) is 10.6 Å². The Morgan fingerprint density at radius 3 is 2.76 bits per heavy atom. The lowest BCUT2D eigenvalue weighted by Gasteiger charge is -2.15. The molecule has 6 nitrogen and oxygen atoms in total. The summed E-state index contributed by atoms with van der Waals surface area (Å²) in [5.74, 6) is -0.809. The van der Waals surface area contributed by atoms with Gasteiger partial charge in [-0.2, -0.15) is 18.3 Å². The lowest BCUT2D eigenvalue weighted by atomic mass is 10.1. The van der Waals surface area contributed by atoms with E-state index in [0.29, 0.717) is 59.5 Å². The number of alkyl halides is 3. The zero-order valence-corrected chi connectivity index (χ0v) is 18.0. The first kappa shape index (κ1) is 21.4. The Balaban J connectivity index is 1.43. The van der Waals surface area contributed by atoms with Gasteiger partial charge in [-0.05, 0) is 49.6 Å². The molecule has 1 saturated heterocycles. The Morgan fingerprint density at radius 1 is 1.24 bits per heavy atom. The fourth-order valence-corrected chi connectivity index (χ4v) is 4.48. The molecule has 4 aromatic rings. The van der Waals surface area contributed by atoms with Crippen molar-refractivity contribution in [1.29, 1.82) is 0 Å². The highest BCUT2D eigenvalue weighted by Crippen LogP contribution is 2.33. The van der Waals surface area contributed by atoms with Crippen molar-refractivity contribution >= 4 is 22.5 Å². The number of nitrogens with one attached hydrogen (secondary N) is 1. The molecular weight excluding hydrogens is 438 g/mol. The largest absolute Gasteiger partial charge is 0.433 e. The minimum absolute atomic E-state index is 0.148. The molecular formula is C23H21F4N5O. The van der Waals surface area contributed by atoms with Crippen molar-refractivity contribution < 1.29 is 22.4 Å². The highest BCUT2D eigenvalue weighted by Gasteiger charge is 2.36. The number of aromatic nitrogens is 4. The molecule has 1 aliphatic heterocycles. The zero-order chi connectivity index (χ0) is 23.5. The molecule has 1 aliphatic rings. The normalized spacial score (nSPS) is 16.9. The van der Waals surface area contributed by atoms with Crippen LogP contribution in [0.15, 0.2) is 30.3 Å². The molecule has 3 aromatic heterocycles. The summed E-state index contributed by atoms with van der Waals surface area (Å²) in [6, 6.07) is 6.90. The first-order valence-corrected chi connectivity index (χ1v) is 10.7. The van der Waals surface area contributed by atoms with Crippen LogP contribution in [-0.4, -0.2) is 43.5 Å². The van der Waals surface area contributed by atoms with Crippen LogP contribution < -0.4 is 0 Å². The number of rotatable bonds is 3. The first-order valence-electron chi connectivity index (χ1n) is 10.7. The summed E-state index contributed by atoms with van der Waals surface area (Å²) in [5, 5.41) is 4.86. The first-order chi connectivity index (χ1) is 15.7. The van der Waals surface area contributed by atoms with Crippen molar-refractivity contribution in [1.82, 2.24) is 24.5 Å². The molecule has 0 aliphatic carbocycles. The van der Waals surface area contributed by atoms with Crippen molar-refractivity contribution in [3.63, 3.8) is 0 Å². The van der Waals surface area contributed by atoms with Crippen molar-refractivity contribution in [2.24, 2.45) is 0 Å². The number of aromatic amines is 1. The fourth-order valence-electron chi connectivity index (χ4n) is 4.48. The molecule has 1 N–H and O–H groups in total. The van der Waals surface area contributed by atoms with Crippen LogP contribution in [0.3, 0.4) is 0 Å². The molecule has 1 fully saturated rings. The number of carbonyl (C=O) groups excluding carboxylic acids is 1. The van der Waals surface area contributed by atoms with Gasteiger partial charge in [0.05, 0.1) is 5.69 Å². The smallest absolute Gasteiger partial charge is 0.350 e.